The third kappa shape index (κ3) is 10.8. The summed E-state index contributed by atoms with van der Waals surface area (Å²) in [5.74, 6) is 0.605. The first kappa shape index (κ1) is 25.9. The molecule has 4 heteroatoms. The van der Waals surface area contributed by atoms with E-state index in [1.165, 1.54) is 0 Å². The summed E-state index contributed by atoms with van der Waals surface area (Å²) in [6, 6.07) is 0. The maximum atomic E-state index is 12.2. The van der Waals surface area contributed by atoms with Crippen LogP contribution < -0.4 is 0 Å². The summed E-state index contributed by atoms with van der Waals surface area (Å²) >= 11 is 0. The number of carbonyl (C=O) groups excluding carboxylic acids is 2. The summed E-state index contributed by atoms with van der Waals surface area (Å²) < 4.78 is 11.2. The van der Waals surface area contributed by atoms with Crippen LogP contribution in [0.2, 0.25) is 0 Å². The molecule has 0 amide bonds. The van der Waals surface area contributed by atoms with E-state index in [-0.39, 0.29) is 23.8 Å². The predicted molar refractivity (Wildman–Crippen MR) is 111 cm³/mol. The second-order valence-electron chi connectivity index (χ2n) is 7.83. The Balaban J connectivity index is 4.46. The Hall–Kier alpha value is -1.06. The third-order valence-electron chi connectivity index (χ3n) is 5.67. The van der Waals surface area contributed by atoms with Crippen LogP contribution in [0.25, 0.3) is 0 Å². The summed E-state index contributed by atoms with van der Waals surface area (Å²) in [7, 11) is 0. The first-order chi connectivity index (χ1) is 13.0. The van der Waals surface area contributed by atoms with E-state index in [0.717, 1.165) is 57.8 Å². The Morgan fingerprint density at radius 1 is 0.630 bits per heavy atom. The molecule has 0 aromatic carbocycles. The van der Waals surface area contributed by atoms with Gasteiger partial charge >= 0.3 is 11.9 Å². The summed E-state index contributed by atoms with van der Waals surface area (Å²) in [6.45, 7) is 13.5. The molecule has 0 spiro atoms. The van der Waals surface area contributed by atoms with Crippen molar-refractivity contribution in [2.45, 2.75) is 99.3 Å². The lowest BCUT2D eigenvalue weighted by Gasteiger charge is -2.23. The molecule has 0 aliphatic rings. The van der Waals surface area contributed by atoms with Gasteiger partial charge in [-0.1, -0.05) is 67.2 Å². The Morgan fingerprint density at radius 2 is 1.00 bits per heavy atom. The highest BCUT2D eigenvalue weighted by molar-refractivity contribution is 5.72. The van der Waals surface area contributed by atoms with Crippen LogP contribution in [0.3, 0.4) is 0 Å². The predicted octanol–water partition coefficient (Wildman–Crippen LogP) is 6.17. The van der Waals surface area contributed by atoms with Gasteiger partial charge in [0.25, 0.3) is 0 Å². The number of esters is 2. The van der Waals surface area contributed by atoms with Crippen molar-refractivity contribution >= 4 is 11.9 Å². The quantitative estimate of drug-likeness (QED) is 0.299. The number of hydrogen-bond acceptors (Lipinski definition) is 4. The molecule has 0 heterocycles. The van der Waals surface area contributed by atoms with Gasteiger partial charge in [-0.25, -0.2) is 0 Å². The molecule has 0 rings (SSSR count). The highest BCUT2D eigenvalue weighted by Gasteiger charge is 2.22. The molecule has 0 radical (unpaired) electrons. The van der Waals surface area contributed by atoms with Crippen molar-refractivity contribution in [3.8, 4) is 0 Å². The number of hydrogen-bond donors (Lipinski definition) is 0. The molecule has 0 fully saturated rings. The fraction of sp³-hybridized carbons (Fsp3) is 0.913. The van der Waals surface area contributed by atoms with Crippen molar-refractivity contribution in [2.24, 2.45) is 23.7 Å². The first-order valence-electron chi connectivity index (χ1n) is 11.3. The fourth-order valence-corrected chi connectivity index (χ4v) is 3.49. The molecule has 0 aromatic heterocycles. The van der Waals surface area contributed by atoms with Gasteiger partial charge in [0, 0.05) is 0 Å². The van der Waals surface area contributed by atoms with Crippen molar-refractivity contribution in [3.63, 3.8) is 0 Å². The van der Waals surface area contributed by atoms with E-state index in [2.05, 4.69) is 27.7 Å². The van der Waals surface area contributed by atoms with Crippen LogP contribution in [-0.4, -0.2) is 25.2 Å². The molecule has 27 heavy (non-hydrogen) atoms. The van der Waals surface area contributed by atoms with E-state index in [1.54, 1.807) is 0 Å². The molecule has 0 saturated heterocycles. The van der Waals surface area contributed by atoms with Crippen LogP contribution in [0.1, 0.15) is 99.3 Å². The number of rotatable bonds is 16. The average Bonchev–Trinajstić information content (AvgIpc) is 2.69. The van der Waals surface area contributed by atoms with Gasteiger partial charge in [-0.3, -0.25) is 9.59 Å². The number of carbonyl (C=O) groups is 2. The van der Waals surface area contributed by atoms with Crippen LogP contribution in [0.4, 0.5) is 0 Å². The molecule has 0 aliphatic heterocycles. The van der Waals surface area contributed by atoms with Gasteiger partial charge in [-0.15, -0.1) is 0 Å². The molecule has 0 aliphatic carbocycles. The van der Waals surface area contributed by atoms with Crippen LogP contribution >= 0.6 is 0 Å². The summed E-state index contributed by atoms with van der Waals surface area (Å²) in [5, 5.41) is 0. The zero-order valence-electron chi connectivity index (χ0n) is 18.7. The molecule has 0 saturated carbocycles. The highest BCUT2D eigenvalue weighted by Crippen LogP contribution is 2.22. The molecule has 4 atom stereocenters. The second kappa shape index (κ2) is 15.9. The lowest BCUT2D eigenvalue weighted by molar-refractivity contribution is -0.151. The Kier molecular flexibility index (Phi) is 15.3. The van der Waals surface area contributed by atoms with Crippen LogP contribution in [0.5, 0.6) is 0 Å². The number of ether oxygens (including phenoxy) is 2. The molecule has 0 aromatic rings. The van der Waals surface area contributed by atoms with E-state index >= 15 is 0 Å². The van der Waals surface area contributed by atoms with Gasteiger partial charge in [0.15, 0.2) is 0 Å². The van der Waals surface area contributed by atoms with E-state index in [0.29, 0.717) is 25.0 Å². The van der Waals surface area contributed by atoms with Crippen LogP contribution in [0, 0.1) is 23.7 Å². The van der Waals surface area contributed by atoms with Crippen molar-refractivity contribution in [2.75, 3.05) is 13.2 Å². The monoisotopic (exact) mass is 384 g/mol. The second-order valence-corrected chi connectivity index (χ2v) is 7.83. The molecule has 4 nitrogen and oxygen atoms in total. The fourth-order valence-electron chi connectivity index (χ4n) is 3.49. The van der Waals surface area contributed by atoms with Crippen LogP contribution in [0.15, 0.2) is 0 Å². The molecular weight excluding hydrogens is 340 g/mol. The van der Waals surface area contributed by atoms with Gasteiger partial charge in [0.2, 0.25) is 0 Å². The van der Waals surface area contributed by atoms with Gasteiger partial charge in [0.05, 0.1) is 25.0 Å². The van der Waals surface area contributed by atoms with Gasteiger partial charge in [0.1, 0.15) is 0 Å². The molecular formula is C23H44O4. The van der Waals surface area contributed by atoms with Gasteiger partial charge in [-0.2, -0.15) is 0 Å². The van der Waals surface area contributed by atoms with E-state index in [1.807, 2.05) is 13.8 Å². The minimum atomic E-state index is -0.0531. The Bertz CT molecular complexity index is 358. The SMILES string of the molecule is CCCC(CC)C(=O)OCC(CC)CC(CC)COC(=O)C(CC)CCC. The zero-order valence-corrected chi connectivity index (χ0v) is 18.7. The molecule has 0 N–H and O–H groups in total. The van der Waals surface area contributed by atoms with Crippen LogP contribution in [-0.2, 0) is 19.1 Å². The lowest BCUT2D eigenvalue weighted by Crippen LogP contribution is -2.25. The molecule has 4 unspecified atom stereocenters. The van der Waals surface area contributed by atoms with E-state index < -0.39 is 0 Å². The van der Waals surface area contributed by atoms with Crippen molar-refractivity contribution < 1.29 is 19.1 Å². The maximum Gasteiger partial charge on any atom is 0.308 e. The Morgan fingerprint density at radius 3 is 1.26 bits per heavy atom. The highest BCUT2D eigenvalue weighted by atomic mass is 16.5. The average molecular weight is 385 g/mol. The van der Waals surface area contributed by atoms with Crippen molar-refractivity contribution in [3.05, 3.63) is 0 Å². The summed E-state index contributed by atoms with van der Waals surface area (Å²) in [6.07, 6.45) is 8.36. The lowest BCUT2D eigenvalue weighted by atomic mass is 9.91. The van der Waals surface area contributed by atoms with Crippen molar-refractivity contribution in [1.82, 2.24) is 0 Å². The Labute approximate surface area is 167 Å². The van der Waals surface area contributed by atoms with Crippen molar-refractivity contribution in [1.29, 1.82) is 0 Å². The first-order valence-corrected chi connectivity index (χ1v) is 11.3. The molecule has 160 valence electrons. The normalized spacial score (nSPS) is 15.6. The third-order valence-corrected chi connectivity index (χ3v) is 5.67. The smallest absolute Gasteiger partial charge is 0.308 e. The van der Waals surface area contributed by atoms with Gasteiger partial charge < -0.3 is 9.47 Å². The van der Waals surface area contributed by atoms with E-state index in [9.17, 15) is 9.59 Å². The molecule has 0 bridgehead atoms. The topological polar surface area (TPSA) is 52.6 Å². The zero-order chi connectivity index (χ0) is 20.7. The largest absolute Gasteiger partial charge is 0.465 e. The van der Waals surface area contributed by atoms with Gasteiger partial charge in [-0.05, 0) is 43.9 Å². The minimum Gasteiger partial charge on any atom is -0.465 e. The maximum absolute atomic E-state index is 12.2. The summed E-state index contributed by atoms with van der Waals surface area (Å²) in [4.78, 5) is 24.5. The standard InChI is InChI=1S/C23H44O4/c1-7-13-20(11-5)22(24)26-16-18(9-3)15-19(10-4)17-27-23(25)21(12-6)14-8-2/h18-21H,7-17H2,1-6H3. The van der Waals surface area contributed by atoms with E-state index in [4.69, 9.17) is 9.47 Å². The summed E-state index contributed by atoms with van der Waals surface area (Å²) in [5.41, 5.74) is 0. The minimum absolute atomic E-state index is 0.0278.